The molecule has 0 amide bonds. The second kappa shape index (κ2) is 8.05. The smallest absolute Gasteiger partial charge is 0.370 e. The summed E-state index contributed by atoms with van der Waals surface area (Å²) in [6, 6.07) is 1.25. The number of halogens is 6. The topological polar surface area (TPSA) is 21.3 Å². The van der Waals surface area contributed by atoms with Crippen LogP contribution < -0.4 is 5.32 Å². The van der Waals surface area contributed by atoms with E-state index in [-0.39, 0.29) is 10.0 Å². The van der Waals surface area contributed by atoms with Crippen LogP contribution in [0.25, 0.3) is 0 Å². The van der Waals surface area contributed by atoms with Gasteiger partial charge in [0.15, 0.2) is 0 Å². The van der Waals surface area contributed by atoms with Crippen molar-refractivity contribution in [3.63, 3.8) is 0 Å². The number of alkyl halides is 3. The maximum atomic E-state index is 14.0. The number of hydrogen-bond donors (Lipinski definition) is 1. The molecule has 0 aliphatic carbocycles. The number of ether oxygens (including phenoxy) is 1. The van der Waals surface area contributed by atoms with Crippen molar-refractivity contribution >= 4 is 15.9 Å². The molecule has 0 radical (unpaired) electrons. The SMILES string of the molecule is CCCNC(COCC(F)(F)F)c1c(F)ccc(Br)c1F. The van der Waals surface area contributed by atoms with Crippen molar-refractivity contribution in [2.24, 2.45) is 0 Å². The molecule has 1 rings (SSSR count). The van der Waals surface area contributed by atoms with Crippen LogP contribution in [-0.4, -0.2) is 25.9 Å². The summed E-state index contributed by atoms with van der Waals surface area (Å²) in [5, 5.41) is 2.79. The van der Waals surface area contributed by atoms with Crippen molar-refractivity contribution in [2.75, 3.05) is 19.8 Å². The third-order valence-corrected chi connectivity index (χ3v) is 3.23. The fourth-order valence-electron chi connectivity index (χ4n) is 1.72. The van der Waals surface area contributed by atoms with E-state index in [9.17, 15) is 22.0 Å². The molecule has 0 fully saturated rings. The van der Waals surface area contributed by atoms with Gasteiger partial charge in [-0.2, -0.15) is 13.2 Å². The maximum Gasteiger partial charge on any atom is 0.411 e. The van der Waals surface area contributed by atoms with Crippen molar-refractivity contribution in [3.8, 4) is 0 Å². The van der Waals surface area contributed by atoms with Gasteiger partial charge in [0.05, 0.1) is 17.1 Å². The summed E-state index contributed by atoms with van der Waals surface area (Å²) in [6.07, 6.45) is -3.82. The summed E-state index contributed by atoms with van der Waals surface area (Å²) in [5.74, 6) is -1.68. The molecule has 0 bridgehead atoms. The highest BCUT2D eigenvalue weighted by Crippen LogP contribution is 2.27. The van der Waals surface area contributed by atoms with E-state index in [1.165, 1.54) is 6.07 Å². The minimum absolute atomic E-state index is 0.0398. The molecule has 0 spiro atoms. The highest BCUT2D eigenvalue weighted by molar-refractivity contribution is 9.10. The second-order valence-corrected chi connectivity index (χ2v) is 5.25. The normalized spacial score (nSPS) is 13.5. The van der Waals surface area contributed by atoms with Gasteiger partial charge >= 0.3 is 6.18 Å². The van der Waals surface area contributed by atoms with Crippen molar-refractivity contribution in [1.82, 2.24) is 5.32 Å². The van der Waals surface area contributed by atoms with Crippen LogP contribution in [0.3, 0.4) is 0 Å². The molecule has 0 aliphatic heterocycles. The van der Waals surface area contributed by atoms with Gasteiger partial charge in [0, 0.05) is 5.56 Å². The first-order chi connectivity index (χ1) is 9.76. The summed E-state index contributed by atoms with van der Waals surface area (Å²) in [4.78, 5) is 0. The van der Waals surface area contributed by atoms with Crippen LogP contribution >= 0.6 is 15.9 Å². The molecule has 120 valence electrons. The van der Waals surface area contributed by atoms with E-state index in [4.69, 9.17) is 0 Å². The van der Waals surface area contributed by atoms with Crippen LogP contribution in [-0.2, 0) is 4.74 Å². The molecular weight excluding hydrogens is 361 g/mol. The fraction of sp³-hybridized carbons (Fsp3) is 0.538. The lowest BCUT2D eigenvalue weighted by atomic mass is 10.1. The number of rotatable bonds is 7. The molecule has 2 nitrogen and oxygen atoms in total. The van der Waals surface area contributed by atoms with E-state index in [2.05, 4.69) is 26.0 Å². The average Bonchev–Trinajstić information content (AvgIpc) is 2.38. The molecule has 0 saturated heterocycles. The zero-order chi connectivity index (χ0) is 16.0. The van der Waals surface area contributed by atoms with Gasteiger partial charge in [-0.1, -0.05) is 6.92 Å². The Hall–Kier alpha value is -0.730. The van der Waals surface area contributed by atoms with Gasteiger partial charge in [-0.3, -0.25) is 0 Å². The van der Waals surface area contributed by atoms with Gasteiger partial charge in [0.1, 0.15) is 18.2 Å². The standard InChI is InChI=1S/C13H15BrF5NO/c1-2-5-20-10(6-21-7-13(17,18)19)11-9(15)4-3-8(14)12(11)16/h3-4,10,20H,2,5-7H2,1H3. The molecule has 21 heavy (non-hydrogen) atoms. The number of benzene rings is 1. The molecule has 0 aromatic heterocycles. The summed E-state index contributed by atoms with van der Waals surface area (Å²) < 4.78 is 68.6. The van der Waals surface area contributed by atoms with Crippen molar-refractivity contribution in [1.29, 1.82) is 0 Å². The van der Waals surface area contributed by atoms with E-state index >= 15 is 0 Å². The quantitative estimate of drug-likeness (QED) is 0.565. The lowest BCUT2D eigenvalue weighted by Crippen LogP contribution is -2.30. The summed E-state index contributed by atoms with van der Waals surface area (Å²) in [5.41, 5.74) is -0.333. The molecule has 0 heterocycles. The largest absolute Gasteiger partial charge is 0.411 e. The van der Waals surface area contributed by atoms with Gasteiger partial charge in [0.25, 0.3) is 0 Å². The fourth-order valence-corrected chi connectivity index (χ4v) is 2.06. The average molecular weight is 376 g/mol. The summed E-state index contributed by atoms with van der Waals surface area (Å²) >= 11 is 2.93. The Bertz CT molecular complexity index is 467. The lowest BCUT2D eigenvalue weighted by molar-refractivity contribution is -0.175. The Morgan fingerprint density at radius 3 is 2.52 bits per heavy atom. The van der Waals surface area contributed by atoms with E-state index in [1.54, 1.807) is 0 Å². The predicted octanol–water partition coefficient (Wildman–Crippen LogP) is 4.35. The van der Waals surface area contributed by atoms with Gasteiger partial charge in [-0.15, -0.1) is 0 Å². The minimum atomic E-state index is -4.48. The molecule has 8 heteroatoms. The van der Waals surface area contributed by atoms with E-state index in [1.807, 2.05) is 6.92 Å². The third-order valence-electron chi connectivity index (χ3n) is 2.62. The van der Waals surface area contributed by atoms with Crippen LogP contribution in [0.15, 0.2) is 16.6 Å². The molecule has 1 unspecified atom stereocenters. The molecular formula is C13H15BrF5NO. The Morgan fingerprint density at radius 2 is 1.95 bits per heavy atom. The Labute approximate surface area is 127 Å². The number of hydrogen-bond acceptors (Lipinski definition) is 2. The summed E-state index contributed by atoms with van der Waals surface area (Å²) in [7, 11) is 0. The van der Waals surface area contributed by atoms with Gasteiger partial charge < -0.3 is 10.1 Å². The first kappa shape index (κ1) is 18.3. The lowest BCUT2D eigenvalue weighted by Gasteiger charge is -2.21. The molecule has 0 saturated carbocycles. The van der Waals surface area contributed by atoms with E-state index in [0.717, 1.165) is 6.07 Å². The number of nitrogens with one attached hydrogen (secondary N) is 1. The first-order valence-electron chi connectivity index (χ1n) is 6.27. The first-order valence-corrected chi connectivity index (χ1v) is 7.06. The van der Waals surface area contributed by atoms with E-state index < -0.39 is 37.1 Å². The highest BCUT2D eigenvalue weighted by atomic mass is 79.9. The molecule has 1 aromatic rings. The zero-order valence-electron chi connectivity index (χ0n) is 11.2. The van der Waals surface area contributed by atoms with Gasteiger partial charge in [-0.05, 0) is 41.0 Å². The molecule has 1 N–H and O–H groups in total. The molecule has 0 aliphatic rings. The molecule has 1 aromatic carbocycles. The van der Waals surface area contributed by atoms with Crippen LogP contribution in [0, 0.1) is 11.6 Å². The Kier molecular flexibility index (Phi) is 7.02. The van der Waals surface area contributed by atoms with Crippen LogP contribution in [0.5, 0.6) is 0 Å². The molecule has 1 atom stereocenters. The van der Waals surface area contributed by atoms with Gasteiger partial charge in [0.2, 0.25) is 0 Å². The van der Waals surface area contributed by atoms with Crippen LogP contribution in [0.1, 0.15) is 24.9 Å². The van der Waals surface area contributed by atoms with Crippen molar-refractivity contribution in [3.05, 3.63) is 33.8 Å². The van der Waals surface area contributed by atoms with E-state index in [0.29, 0.717) is 13.0 Å². The van der Waals surface area contributed by atoms with Gasteiger partial charge in [-0.25, -0.2) is 8.78 Å². The zero-order valence-corrected chi connectivity index (χ0v) is 12.8. The highest BCUT2D eigenvalue weighted by Gasteiger charge is 2.29. The van der Waals surface area contributed by atoms with Crippen LogP contribution in [0.4, 0.5) is 22.0 Å². The monoisotopic (exact) mass is 375 g/mol. The Morgan fingerprint density at radius 1 is 1.29 bits per heavy atom. The van der Waals surface area contributed by atoms with Crippen LogP contribution in [0.2, 0.25) is 0 Å². The maximum absolute atomic E-state index is 14.0. The summed E-state index contributed by atoms with van der Waals surface area (Å²) in [6.45, 7) is 0.276. The van der Waals surface area contributed by atoms with Crippen molar-refractivity contribution in [2.45, 2.75) is 25.6 Å². The third kappa shape index (κ3) is 5.88. The Balaban J connectivity index is 2.89. The second-order valence-electron chi connectivity index (χ2n) is 4.39. The predicted molar refractivity (Wildman–Crippen MR) is 72.0 cm³/mol. The van der Waals surface area contributed by atoms with Crippen molar-refractivity contribution < 1.29 is 26.7 Å². The minimum Gasteiger partial charge on any atom is -0.370 e.